The summed E-state index contributed by atoms with van der Waals surface area (Å²) >= 11 is 0. The number of aryl methyl sites for hydroxylation is 2. The van der Waals surface area contributed by atoms with Crippen LogP contribution in [0, 0.1) is 6.92 Å². The summed E-state index contributed by atoms with van der Waals surface area (Å²) in [6.07, 6.45) is 1.79. The second-order valence-electron chi connectivity index (χ2n) is 6.04. The summed E-state index contributed by atoms with van der Waals surface area (Å²) in [4.78, 5) is 12.2. The molecule has 4 heteroatoms. The van der Waals surface area contributed by atoms with Gasteiger partial charge in [0.25, 0.3) is 5.91 Å². The third kappa shape index (κ3) is 5.24. The maximum Gasteiger partial charge on any atom is 0.258 e. The monoisotopic (exact) mass is 341 g/mol. The number of hydrogen-bond donors (Lipinski definition) is 1. The minimum Gasteiger partial charge on any atom is -0.496 e. The van der Waals surface area contributed by atoms with Crippen LogP contribution in [-0.2, 0) is 11.2 Å². The van der Waals surface area contributed by atoms with E-state index in [1.165, 1.54) is 5.56 Å². The number of carbonyl (C=O) groups is 1. The molecule has 0 heterocycles. The van der Waals surface area contributed by atoms with E-state index in [0.717, 1.165) is 29.7 Å². The van der Waals surface area contributed by atoms with Gasteiger partial charge >= 0.3 is 0 Å². The second kappa shape index (κ2) is 9.11. The molecule has 0 aliphatic carbocycles. The van der Waals surface area contributed by atoms with Crippen molar-refractivity contribution < 1.29 is 14.3 Å². The zero-order valence-corrected chi connectivity index (χ0v) is 15.5. The fourth-order valence-electron chi connectivity index (χ4n) is 2.75. The number of methoxy groups -OCH3 is 1. The molecule has 2 rings (SSSR count). The van der Waals surface area contributed by atoms with Crippen LogP contribution in [-0.4, -0.2) is 19.6 Å². The molecule has 0 saturated heterocycles. The van der Waals surface area contributed by atoms with E-state index in [0.29, 0.717) is 5.75 Å². The SMILES string of the molecule is CCc1ccc(OCC(=O)NC(CC)c2ccc(OC)c(C)c2)cc1. The molecule has 0 bridgehead atoms. The van der Waals surface area contributed by atoms with Gasteiger partial charge in [-0.15, -0.1) is 0 Å². The van der Waals surface area contributed by atoms with Gasteiger partial charge in [0.2, 0.25) is 0 Å². The predicted octanol–water partition coefficient (Wildman–Crippen LogP) is 4.21. The summed E-state index contributed by atoms with van der Waals surface area (Å²) in [5.74, 6) is 1.43. The minimum absolute atomic E-state index is 0.0110. The van der Waals surface area contributed by atoms with E-state index in [-0.39, 0.29) is 18.6 Å². The number of amides is 1. The molecule has 2 aromatic rings. The Morgan fingerprint density at radius 2 is 1.84 bits per heavy atom. The number of ether oxygens (including phenoxy) is 2. The highest BCUT2D eigenvalue weighted by Gasteiger charge is 2.14. The molecule has 134 valence electrons. The van der Waals surface area contributed by atoms with E-state index >= 15 is 0 Å². The lowest BCUT2D eigenvalue weighted by atomic mass is 10.0. The van der Waals surface area contributed by atoms with Crippen molar-refractivity contribution in [3.05, 3.63) is 59.2 Å². The van der Waals surface area contributed by atoms with E-state index in [4.69, 9.17) is 9.47 Å². The summed E-state index contributed by atoms with van der Waals surface area (Å²) in [5, 5.41) is 3.04. The van der Waals surface area contributed by atoms with E-state index in [9.17, 15) is 4.79 Å². The number of carbonyl (C=O) groups excluding carboxylic acids is 1. The van der Waals surface area contributed by atoms with Gasteiger partial charge in [0.1, 0.15) is 11.5 Å². The van der Waals surface area contributed by atoms with Crippen LogP contribution in [0.2, 0.25) is 0 Å². The molecule has 1 amide bonds. The summed E-state index contributed by atoms with van der Waals surface area (Å²) in [6.45, 7) is 6.17. The molecule has 1 atom stereocenters. The molecule has 4 nitrogen and oxygen atoms in total. The molecule has 2 aromatic carbocycles. The average Bonchev–Trinajstić information content (AvgIpc) is 2.64. The highest BCUT2D eigenvalue weighted by Crippen LogP contribution is 2.24. The van der Waals surface area contributed by atoms with Gasteiger partial charge in [0, 0.05) is 0 Å². The Labute approximate surface area is 150 Å². The van der Waals surface area contributed by atoms with Crippen molar-refractivity contribution >= 4 is 5.91 Å². The topological polar surface area (TPSA) is 47.6 Å². The van der Waals surface area contributed by atoms with Crippen LogP contribution in [0.25, 0.3) is 0 Å². The Balaban J connectivity index is 1.93. The fourth-order valence-corrected chi connectivity index (χ4v) is 2.75. The third-order valence-corrected chi connectivity index (χ3v) is 4.27. The molecule has 0 radical (unpaired) electrons. The number of benzene rings is 2. The van der Waals surface area contributed by atoms with Crippen molar-refractivity contribution in [2.75, 3.05) is 13.7 Å². The quantitative estimate of drug-likeness (QED) is 0.782. The van der Waals surface area contributed by atoms with Gasteiger partial charge < -0.3 is 14.8 Å². The van der Waals surface area contributed by atoms with Crippen LogP contribution in [0.1, 0.15) is 43.0 Å². The first-order chi connectivity index (χ1) is 12.1. The van der Waals surface area contributed by atoms with Crippen LogP contribution < -0.4 is 14.8 Å². The Morgan fingerprint density at radius 3 is 2.40 bits per heavy atom. The van der Waals surface area contributed by atoms with E-state index in [1.807, 2.05) is 43.3 Å². The summed E-state index contributed by atoms with van der Waals surface area (Å²) < 4.78 is 10.9. The fraction of sp³-hybridized carbons (Fsp3) is 0.381. The van der Waals surface area contributed by atoms with Crippen molar-refractivity contribution in [2.24, 2.45) is 0 Å². The third-order valence-electron chi connectivity index (χ3n) is 4.27. The molecule has 0 aliphatic heterocycles. The lowest BCUT2D eigenvalue weighted by Gasteiger charge is -2.19. The van der Waals surface area contributed by atoms with Gasteiger partial charge in [0.05, 0.1) is 13.2 Å². The average molecular weight is 341 g/mol. The van der Waals surface area contributed by atoms with Gasteiger partial charge in [-0.1, -0.05) is 38.1 Å². The summed E-state index contributed by atoms with van der Waals surface area (Å²) in [6, 6.07) is 13.8. The Kier molecular flexibility index (Phi) is 6.87. The molecular formula is C21H27NO3. The molecule has 0 aliphatic rings. The van der Waals surface area contributed by atoms with Gasteiger partial charge in [0.15, 0.2) is 6.61 Å². The van der Waals surface area contributed by atoms with Crippen molar-refractivity contribution in [2.45, 2.75) is 39.7 Å². The van der Waals surface area contributed by atoms with Gasteiger partial charge in [-0.2, -0.15) is 0 Å². The number of nitrogens with one attached hydrogen (secondary N) is 1. The number of rotatable bonds is 8. The summed E-state index contributed by atoms with van der Waals surface area (Å²) in [5.41, 5.74) is 3.37. The molecule has 0 saturated carbocycles. The molecular weight excluding hydrogens is 314 g/mol. The Hall–Kier alpha value is -2.49. The lowest BCUT2D eigenvalue weighted by Crippen LogP contribution is -2.32. The maximum absolute atomic E-state index is 12.2. The van der Waals surface area contributed by atoms with E-state index < -0.39 is 0 Å². The highest BCUT2D eigenvalue weighted by molar-refractivity contribution is 5.78. The Morgan fingerprint density at radius 1 is 1.12 bits per heavy atom. The van der Waals surface area contributed by atoms with Crippen molar-refractivity contribution in [3.8, 4) is 11.5 Å². The molecule has 0 spiro atoms. The lowest BCUT2D eigenvalue weighted by molar-refractivity contribution is -0.123. The largest absolute Gasteiger partial charge is 0.496 e. The molecule has 25 heavy (non-hydrogen) atoms. The molecule has 1 unspecified atom stereocenters. The zero-order chi connectivity index (χ0) is 18.2. The van der Waals surface area contributed by atoms with Crippen LogP contribution in [0.15, 0.2) is 42.5 Å². The van der Waals surface area contributed by atoms with Crippen molar-refractivity contribution in [3.63, 3.8) is 0 Å². The molecule has 0 aromatic heterocycles. The van der Waals surface area contributed by atoms with E-state index in [2.05, 4.69) is 25.2 Å². The van der Waals surface area contributed by atoms with Crippen LogP contribution in [0.5, 0.6) is 11.5 Å². The smallest absolute Gasteiger partial charge is 0.258 e. The minimum atomic E-state index is -0.125. The van der Waals surface area contributed by atoms with Crippen LogP contribution in [0.4, 0.5) is 0 Å². The maximum atomic E-state index is 12.2. The van der Waals surface area contributed by atoms with Gasteiger partial charge in [-0.25, -0.2) is 0 Å². The first-order valence-corrected chi connectivity index (χ1v) is 8.73. The van der Waals surface area contributed by atoms with Gasteiger partial charge in [-0.05, 0) is 54.7 Å². The standard InChI is InChI=1S/C21H27NO3/c1-5-16-7-10-18(11-8-16)25-14-21(23)22-19(6-2)17-9-12-20(24-4)15(3)13-17/h7-13,19H,5-6,14H2,1-4H3,(H,22,23). The van der Waals surface area contributed by atoms with E-state index in [1.54, 1.807) is 7.11 Å². The van der Waals surface area contributed by atoms with Crippen LogP contribution in [0.3, 0.4) is 0 Å². The summed E-state index contributed by atoms with van der Waals surface area (Å²) in [7, 11) is 1.66. The molecule has 0 fully saturated rings. The highest BCUT2D eigenvalue weighted by atomic mass is 16.5. The Bertz CT molecular complexity index is 695. The first kappa shape index (κ1) is 18.8. The van der Waals surface area contributed by atoms with Crippen molar-refractivity contribution in [1.82, 2.24) is 5.32 Å². The van der Waals surface area contributed by atoms with Gasteiger partial charge in [-0.3, -0.25) is 4.79 Å². The second-order valence-corrected chi connectivity index (χ2v) is 6.04. The van der Waals surface area contributed by atoms with Crippen LogP contribution >= 0.6 is 0 Å². The normalized spacial score (nSPS) is 11.7. The predicted molar refractivity (Wildman–Crippen MR) is 100 cm³/mol. The zero-order valence-electron chi connectivity index (χ0n) is 15.5. The molecule has 1 N–H and O–H groups in total. The van der Waals surface area contributed by atoms with Crippen molar-refractivity contribution in [1.29, 1.82) is 0 Å². The first-order valence-electron chi connectivity index (χ1n) is 8.73. The number of hydrogen-bond acceptors (Lipinski definition) is 3.